The van der Waals surface area contributed by atoms with Gasteiger partial charge in [0.1, 0.15) is 0 Å². The van der Waals surface area contributed by atoms with Gasteiger partial charge in [-0.3, -0.25) is 9.59 Å². The van der Waals surface area contributed by atoms with E-state index in [-0.39, 0.29) is 35.0 Å². The average Bonchev–Trinajstić information content (AvgIpc) is 2.54. The molecule has 0 aliphatic carbocycles. The summed E-state index contributed by atoms with van der Waals surface area (Å²) in [5.74, 6) is -0.753. The number of anilines is 1. The smallest absolute Gasteiger partial charge is 0.338 e. The summed E-state index contributed by atoms with van der Waals surface area (Å²) < 4.78 is 4.90. The van der Waals surface area contributed by atoms with Crippen LogP contribution in [0, 0.1) is 5.41 Å². The molecule has 6 nitrogen and oxygen atoms in total. The Labute approximate surface area is 156 Å². The first-order valence-electron chi connectivity index (χ1n) is 8.14. The fourth-order valence-electron chi connectivity index (χ4n) is 1.91. The Kier molecular flexibility index (Phi) is 8.09. The number of alkyl halides is 1. The maximum atomic E-state index is 12.0. The second-order valence-corrected chi connectivity index (χ2v) is 7.53. The molecule has 1 atom stereocenters. The summed E-state index contributed by atoms with van der Waals surface area (Å²) in [6.07, 6.45) is 0.162. The third kappa shape index (κ3) is 7.25. The van der Waals surface area contributed by atoms with Crippen molar-refractivity contribution in [3.63, 3.8) is 0 Å². The van der Waals surface area contributed by atoms with Gasteiger partial charge in [0, 0.05) is 18.7 Å². The lowest BCUT2D eigenvalue weighted by Crippen LogP contribution is -2.39. The van der Waals surface area contributed by atoms with E-state index in [0.29, 0.717) is 17.9 Å². The van der Waals surface area contributed by atoms with E-state index in [9.17, 15) is 14.4 Å². The van der Waals surface area contributed by atoms with Crippen LogP contribution in [0.4, 0.5) is 5.69 Å². The SMILES string of the molecule is CCOC(=O)c1ccc(NC(=O)CCNC(=O)[C@@H](Br)C(C)(C)C)cc1. The second kappa shape index (κ2) is 9.56. The number of carbonyl (C=O) groups excluding carboxylic acids is 3. The zero-order valence-electron chi connectivity index (χ0n) is 15.0. The predicted octanol–water partition coefficient (Wildman–Crippen LogP) is 3.12. The summed E-state index contributed by atoms with van der Waals surface area (Å²) in [6, 6.07) is 6.45. The van der Waals surface area contributed by atoms with Crippen LogP contribution in [0.5, 0.6) is 0 Å². The van der Waals surface area contributed by atoms with Crippen LogP contribution in [0.1, 0.15) is 44.5 Å². The number of hydrogen-bond donors (Lipinski definition) is 2. The summed E-state index contributed by atoms with van der Waals surface area (Å²) in [6.45, 7) is 8.18. The number of hydrogen-bond acceptors (Lipinski definition) is 4. The molecule has 0 aliphatic rings. The molecule has 138 valence electrons. The number of carbonyl (C=O) groups is 3. The molecule has 0 spiro atoms. The maximum Gasteiger partial charge on any atom is 0.338 e. The van der Waals surface area contributed by atoms with Gasteiger partial charge < -0.3 is 15.4 Å². The topological polar surface area (TPSA) is 84.5 Å². The van der Waals surface area contributed by atoms with Crippen LogP contribution in [0.2, 0.25) is 0 Å². The van der Waals surface area contributed by atoms with Crippen molar-refractivity contribution >= 4 is 39.4 Å². The van der Waals surface area contributed by atoms with Crippen LogP contribution in [0.25, 0.3) is 0 Å². The minimum Gasteiger partial charge on any atom is -0.462 e. The van der Waals surface area contributed by atoms with E-state index in [4.69, 9.17) is 4.74 Å². The molecule has 1 aromatic carbocycles. The minimum absolute atomic E-state index is 0.140. The zero-order chi connectivity index (χ0) is 19.0. The van der Waals surface area contributed by atoms with Crippen molar-refractivity contribution in [2.75, 3.05) is 18.5 Å². The zero-order valence-corrected chi connectivity index (χ0v) is 16.6. The van der Waals surface area contributed by atoms with Gasteiger partial charge in [-0.25, -0.2) is 4.79 Å². The molecular formula is C18H25BrN2O4. The highest BCUT2D eigenvalue weighted by atomic mass is 79.9. The molecule has 1 aromatic rings. The van der Waals surface area contributed by atoms with E-state index >= 15 is 0 Å². The van der Waals surface area contributed by atoms with Crippen molar-refractivity contribution in [2.45, 2.75) is 38.9 Å². The molecule has 0 radical (unpaired) electrons. The van der Waals surface area contributed by atoms with Gasteiger partial charge in [0.05, 0.1) is 17.0 Å². The first-order chi connectivity index (χ1) is 11.6. The fourth-order valence-corrected chi connectivity index (χ4v) is 2.07. The summed E-state index contributed by atoms with van der Waals surface area (Å²) >= 11 is 3.36. The Morgan fingerprint density at radius 2 is 1.76 bits per heavy atom. The Morgan fingerprint density at radius 3 is 2.28 bits per heavy atom. The first-order valence-corrected chi connectivity index (χ1v) is 9.05. The molecule has 25 heavy (non-hydrogen) atoms. The van der Waals surface area contributed by atoms with E-state index in [1.807, 2.05) is 20.8 Å². The average molecular weight is 413 g/mol. The van der Waals surface area contributed by atoms with Crippen LogP contribution < -0.4 is 10.6 Å². The fraction of sp³-hybridized carbons (Fsp3) is 0.500. The third-order valence-electron chi connectivity index (χ3n) is 3.32. The van der Waals surface area contributed by atoms with Gasteiger partial charge in [0.2, 0.25) is 11.8 Å². The van der Waals surface area contributed by atoms with Crippen LogP contribution in [0.15, 0.2) is 24.3 Å². The minimum atomic E-state index is -0.397. The molecule has 0 saturated heterocycles. The molecule has 0 unspecified atom stereocenters. The molecule has 0 fully saturated rings. The predicted molar refractivity (Wildman–Crippen MR) is 101 cm³/mol. The number of rotatable bonds is 7. The monoisotopic (exact) mass is 412 g/mol. The highest BCUT2D eigenvalue weighted by Crippen LogP contribution is 2.25. The van der Waals surface area contributed by atoms with E-state index < -0.39 is 5.97 Å². The molecule has 1 rings (SSSR count). The van der Waals surface area contributed by atoms with Crippen molar-refractivity contribution < 1.29 is 19.1 Å². The van der Waals surface area contributed by atoms with E-state index in [1.165, 1.54) is 0 Å². The number of halogens is 1. The Morgan fingerprint density at radius 1 is 1.16 bits per heavy atom. The molecule has 0 bridgehead atoms. The second-order valence-electron chi connectivity index (χ2n) is 6.62. The number of nitrogens with one attached hydrogen (secondary N) is 2. The summed E-state index contributed by atoms with van der Waals surface area (Å²) in [5, 5.41) is 5.46. The quantitative estimate of drug-likeness (QED) is 0.532. The molecule has 0 saturated carbocycles. The van der Waals surface area contributed by atoms with Crippen molar-refractivity contribution in [3.8, 4) is 0 Å². The Bertz CT molecular complexity index is 608. The van der Waals surface area contributed by atoms with Crippen molar-refractivity contribution in [3.05, 3.63) is 29.8 Å². The van der Waals surface area contributed by atoms with Crippen molar-refractivity contribution in [1.82, 2.24) is 5.32 Å². The van der Waals surface area contributed by atoms with Gasteiger partial charge in [-0.05, 0) is 36.6 Å². The molecular weight excluding hydrogens is 388 g/mol. The normalized spacial score (nSPS) is 12.2. The molecule has 0 aliphatic heterocycles. The van der Waals surface area contributed by atoms with E-state index in [0.717, 1.165) is 0 Å². The van der Waals surface area contributed by atoms with Crippen LogP contribution >= 0.6 is 15.9 Å². The van der Waals surface area contributed by atoms with Crippen molar-refractivity contribution in [2.24, 2.45) is 5.41 Å². The third-order valence-corrected chi connectivity index (χ3v) is 5.11. The lowest BCUT2D eigenvalue weighted by atomic mass is 9.92. The van der Waals surface area contributed by atoms with Crippen molar-refractivity contribution in [1.29, 1.82) is 0 Å². The van der Waals surface area contributed by atoms with Gasteiger partial charge in [-0.15, -0.1) is 0 Å². The molecule has 2 N–H and O–H groups in total. The van der Waals surface area contributed by atoms with Crippen LogP contribution in [-0.2, 0) is 14.3 Å². The van der Waals surface area contributed by atoms with Gasteiger partial charge >= 0.3 is 5.97 Å². The van der Waals surface area contributed by atoms with Crippen LogP contribution in [0.3, 0.4) is 0 Å². The maximum absolute atomic E-state index is 12.0. The Hall–Kier alpha value is -1.89. The number of ether oxygens (including phenoxy) is 1. The van der Waals surface area contributed by atoms with E-state index in [1.54, 1.807) is 31.2 Å². The summed E-state index contributed by atoms with van der Waals surface area (Å²) in [5.41, 5.74) is 0.808. The van der Waals surface area contributed by atoms with E-state index in [2.05, 4.69) is 26.6 Å². The van der Waals surface area contributed by atoms with Crippen LogP contribution in [-0.4, -0.2) is 35.8 Å². The molecule has 0 heterocycles. The van der Waals surface area contributed by atoms with Gasteiger partial charge in [-0.2, -0.15) is 0 Å². The number of amides is 2. The number of benzene rings is 1. The Balaban J connectivity index is 2.42. The van der Waals surface area contributed by atoms with Gasteiger partial charge in [0.15, 0.2) is 0 Å². The summed E-state index contributed by atoms with van der Waals surface area (Å²) in [4.78, 5) is 35.1. The van der Waals surface area contributed by atoms with Gasteiger partial charge in [0.25, 0.3) is 0 Å². The molecule has 2 amide bonds. The lowest BCUT2D eigenvalue weighted by Gasteiger charge is -2.24. The molecule has 7 heteroatoms. The molecule has 0 aromatic heterocycles. The number of esters is 1. The first kappa shape index (κ1) is 21.2. The summed E-state index contributed by atoms with van der Waals surface area (Å²) in [7, 11) is 0. The largest absolute Gasteiger partial charge is 0.462 e. The standard InChI is InChI=1S/C18H25BrN2O4/c1-5-25-17(24)12-6-8-13(9-7-12)21-14(22)10-11-20-16(23)15(19)18(2,3)4/h6-9,15H,5,10-11H2,1-4H3,(H,20,23)(H,21,22)/t15-/m1/s1. The highest BCUT2D eigenvalue weighted by Gasteiger charge is 2.28. The van der Waals surface area contributed by atoms with Gasteiger partial charge in [-0.1, -0.05) is 36.7 Å². The highest BCUT2D eigenvalue weighted by molar-refractivity contribution is 9.10. The lowest BCUT2D eigenvalue weighted by molar-refractivity contribution is -0.122.